The third kappa shape index (κ3) is 3.30. The maximum atomic E-state index is 11.8. The van der Waals surface area contributed by atoms with Crippen LogP contribution in [0.25, 0.3) is 0 Å². The number of carboxylic acid groups (broad SMARTS) is 1. The number of hydrogen-bond acceptors (Lipinski definition) is 4. The van der Waals surface area contributed by atoms with Gasteiger partial charge in [-0.05, 0) is 6.42 Å². The summed E-state index contributed by atoms with van der Waals surface area (Å²) in [5.41, 5.74) is 0. The zero-order valence-electron chi connectivity index (χ0n) is 9.27. The summed E-state index contributed by atoms with van der Waals surface area (Å²) in [4.78, 5) is 28.2. The van der Waals surface area contributed by atoms with E-state index in [9.17, 15) is 9.59 Å². The first-order chi connectivity index (χ1) is 7.54. The van der Waals surface area contributed by atoms with E-state index in [0.29, 0.717) is 4.88 Å². The van der Waals surface area contributed by atoms with Gasteiger partial charge in [0.1, 0.15) is 4.88 Å². The highest BCUT2D eigenvalue weighted by molar-refractivity contribution is 7.13. The summed E-state index contributed by atoms with van der Waals surface area (Å²) < 4.78 is 0. The Hall–Kier alpha value is -1.43. The van der Waals surface area contributed by atoms with Gasteiger partial charge in [-0.2, -0.15) is 0 Å². The molecule has 0 fully saturated rings. The van der Waals surface area contributed by atoms with E-state index in [1.54, 1.807) is 13.2 Å². The lowest BCUT2D eigenvalue weighted by Gasteiger charge is -2.14. The molecule has 0 spiro atoms. The van der Waals surface area contributed by atoms with E-state index < -0.39 is 5.97 Å². The Morgan fingerprint density at radius 2 is 2.25 bits per heavy atom. The third-order valence-electron chi connectivity index (χ3n) is 2.07. The van der Waals surface area contributed by atoms with Gasteiger partial charge in [-0.3, -0.25) is 9.59 Å². The van der Waals surface area contributed by atoms with Crippen LogP contribution in [0.2, 0.25) is 0 Å². The quantitative estimate of drug-likeness (QED) is 0.843. The Balaban J connectivity index is 2.59. The second kappa shape index (κ2) is 5.60. The fourth-order valence-corrected chi connectivity index (χ4v) is 1.98. The highest BCUT2D eigenvalue weighted by Crippen LogP contribution is 2.15. The summed E-state index contributed by atoms with van der Waals surface area (Å²) in [6.45, 7) is 2.19. The second-order valence-corrected chi connectivity index (χ2v) is 4.46. The van der Waals surface area contributed by atoms with Crippen LogP contribution in [-0.4, -0.2) is 40.5 Å². The van der Waals surface area contributed by atoms with E-state index in [-0.39, 0.29) is 18.9 Å². The molecule has 0 saturated carbocycles. The van der Waals surface area contributed by atoms with Gasteiger partial charge in [-0.1, -0.05) is 6.92 Å². The Labute approximate surface area is 97.7 Å². The number of aryl methyl sites for hydroxylation is 1. The number of carbonyl (C=O) groups is 2. The van der Waals surface area contributed by atoms with Crippen LogP contribution in [0.15, 0.2) is 6.20 Å². The maximum Gasteiger partial charge on any atom is 0.305 e. The second-order valence-electron chi connectivity index (χ2n) is 3.34. The number of amides is 1. The maximum absolute atomic E-state index is 11.8. The lowest BCUT2D eigenvalue weighted by atomic mass is 10.4. The lowest BCUT2D eigenvalue weighted by Crippen LogP contribution is -2.28. The van der Waals surface area contributed by atoms with Crippen molar-refractivity contribution in [2.24, 2.45) is 0 Å². The molecule has 0 unspecified atom stereocenters. The summed E-state index contributed by atoms with van der Waals surface area (Å²) >= 11 is 1.35. The average Bonchev–Trinajstić information content (AvgIpc) is 2.73. The SMILES string of the molecule is CCc1ncc(C(=O)N(C)CCC(=O)O)s1. The van der Waals surface area contributed by atoms with Crippen molar-refractivity contribution in [3.63, 3.8) is 0 Å². The molecule has 1 N–H and O–H groups in total. The van der Waals surface area contributed by atoms with Crippen molar-refractivity contribution in [2.75, 3.05) is 13.6 Å². The molecule has 16 heavy (non-hydrogen) atoms. The van der Waals surface area contributed by atoms with Gasteiger partial charge >= 0.3 is 5.97 Å². The standard InChI is InChI=1S/C10H14N2O3S/c1-3-8-11-6-7(16-8)10(15)12(2)5-4-9(13)14/h6H,3-5H2,1-2H3,(H,13,14). The van der Waals surface area contributed by atoms with Crippen LogP contribution in [0, 0.1) is 0 Å². The topological polar surface area (TPSA) is 70.5 Å². The van der Waals surface area contributed by atoms with Crippen LogP contribution in [0.3, 0.4) is 0 Å². The highest BCUT2D eigenvalue weighted by atomic mass is 32.1. The minimum absolute atomic E-state index is 0.0400. The number of thiazole rings is 1. The van der Waals surface area contributed by atoms with E-state index in [1.165, 1.54) is 16.2 Å². The summed E-state index contributed by atoms with van der Waals surface area (Å²) in [6.07, 6.45) is 2.31. The number of aliphatic carboxylic acids is 1. The normalized spacial score (nSPS) is 10.1. The fourth-order valence-electron chi connectivity index (χ4n) is 1.13. The van der Waals surface area contributed by atoms with Crippen LogP contribution >= 0.6 is 11.3 Å². The monoisotopic (exact) mass is 242 g/mol. The van der Waals surface area contributed by atoms with Gasteiger partial charge < -0.3 is 10.0 Å². The first kappa shape index (κ1) is 12.6. The van der Waals surface area contributed by atoms with Gasteiger partial charge in [0, 0.05) is 13.6 Å². The molecule has 0 saturated heterocycles. The number of nitrogens with zero attached hydrogens (tertiary/aromatic N) is 2. The third-order valence-corrected chi connectivity index (χ3v) is 3.20. The molecule has 0 aliphatic heterocycles. The van der Waals surface area contributed by atoms with Crippen molar-refractivity contribution < 1.29 is 14.7 Å². The molecular formula is C10H14N2O3S. The summed E-state index contributed by atoms with van der Waals surface area (Å²) in [7, 11) is 1.59. The van der Waals surface area contributed by atoms with Crippen molar-refractivity contribution >= 4 is 23.2 Å². The van der Waals surface area contributed by atoms with Crippen molar-refractivity contribution in [3.05, 3.63) is 16.1 Å². The predicted octanol–water partition coefficient (Wildman–Crippen LogP) is 1.25. The Morgan fingerprint density at radius 1 is 1.56 bits per heavy atom. The molecule has 0 aromatic carbocycles. The van der Waals surface area contributed by atoms with Crippen molar-refractivity contribution in [1.29, 1.82) is 0 Å². The molecule has 0 aliphatic rings. The van der Waals surface area contributed by atoms with E-state index >= 15 is 0 Å². The molecular weight excluding hydrogens is 228 g/mol. The van der Waals surface area contributed by atoms with Crippen molar-refractivity contribution in [1.82, 2.24) is 9.88 Å². The van der Waals surface area contributed by atoms with Crippen LogP contribution in [0.5, 0.6) is 0 Å². The molecule has 1 rings (SSSR count). The minimum Gasteiger partial charge on any atom is -0.481 e. The van der Waals surface area contributed by atoms with E-state index in [2.05, 4.69) is 4.98 Å². The molecule has 5 nitrogen and oxygen atoms in total. The smallest absolute Gasteiger partial charge is 0.305 e. The largest absolute Gasteiger partial charge is 0.481 e. The van der Waals surface area contributed by atoms with Crippen LogP contribution in [0.4, 0.5) is 0 Å². The van der Waals surface area contributed by atoms with E-state index in [1.807, 2.05) is 6.92 Å². The molecule has 1 aromatic rings. The van der Waals surface area contributed by atoms with Crippen molar-refractivity contribution in [3.8, 4) is 0 Å². The highest BCUT2D eigenvalue weighted by Gasteiger charge is 2.15. The first-order valence-electron chi connectivity index (χ1n) is 4.96. The van der Waals surface area contributed by atoms with Gasteiger partial charge in [0.25, 0.3) is 5.91 Å². The Morgan fingerprint density at radius 3 is 2.75 bits per heavy atom. The molecule has 88 valence electrons. The molecule has 1 heterocycles. The number of carboxylic acids is 1. The molecule has 0 bridgehead atoms. The van der Waals surface area contributed by atoms with Gasteiger partial charge in [-0.15, -0.1) is 11.3 Å². The van der Waals surface area contributed by atoms with Crippen LogP contribution in [-0.2, 0) is 11.2 Å². The Kier molecular flexibility index (Phi) is 4.42. The zero-order valence-corrected chi connectivity index (χ0v) is 10.1. The van der Waals surface area contributed by atoms with Gasteiger partial charge in [0.05, 0.1) is 17.6 Å². The van der Waals surface area contributed by atoms with Gasteiger partial charge in [0.2, 0.25) is 0 Å². The first-order valence-corrected chi connectivity index (χ1v) is 5.78. The van der Waals surface area contributed by atoms with Crippen molar-refractivity contribution in [2.45, 2.75) is 19.8 Å². The predicted molar refractivity (Wildman–Crippen MR) is 60.7 cm³/mol. The molecule has 1 aromatic heterocycles. The lowest BCUT2D eigenvalue weighted by molar-refractivity contribution is -0.137. The summed E-state index contributed by atoms with van der Waals surface area (Å²) in [6, 6.07) is 0. The van der Waals surface area contributed by atoms with Gasteiger partial charge in [0.15, 0.2) is 0 Å². The van der Waals surface area contributed by atoms with E-state index in [4.69, 9.17) is 5.11 Å². The molecule has 1 amide bonds. The number of rotatable bonds is 5. The number of carbonyl (C=O) groups excluding carboxylic acids is 1. The molecule has 0 aliphatic carbocycles. The number of hydrogen-bond donors (Lipinski definition) is 1. The minimum atomic E-state index is -0.904. The molecule has 6 heteroatoms. The summed E-state index contributed by atoms with van der Waals surface area (Å²) in [5, 5.41) is 9.42. The van der Waals surface area contributed by atoms with Crippen LogP contribution < -0.4 is 0 Å². The summed E-state index contributed by atoms with van der Waals surface area (Å²) in [5.74, 6) is -1.07. The molecule has 0 radical (unpaired) electrons. The zero-order chi connectivity index (χ0) is 12.1. The average molecular weight is 242 g/mol. The van der Waals surface area contributed by atoms with E-state index in [0.717, 1.165) is 11.4 Å². The number of aromatic nitrogens is 1. The molecule has 0 atom stereocenters. The fraction of sp³-hybridized carbons (Fsp3) is 0.500. The Bertz CT molecular complexity index is 389. The van der Waals surface area contributed by atoms with Gasteiger partial charge in [-0.25, -0.2) is 4.98 Å². The van der Waals surface area contributed by atoms with Crippen LogP contribution in [0.1, 0.15) is 28.0 Å².